The lowest BCUT2D eigenvalue weighted by atomic mass is 9.84. The molecule has 114 valence electrons. The first kappa shape index (κ1) is 14.3. The molecule has 1 aliphatic heterocycles. The highest BCUT2D eigenvalue weighted by molar-refractivity contribution is 5.80. The van der Waals surface area contributed by atoms with E-state index in [2.05, 4.69) is 10.2 Å². The Balaban J connectivity index is 1.59. The third kappa shape index (κ3) is 3.01. The summed E-state index contributed by atoms with van der Waals surface area (Å²) >= 11 is 0. The van der Waals surface area contributed by atoms with Gasteiger partial charge in [0.25, 0.3) is 0 Å². The Morgan fingerprint density at radius 2 is 1.90 bits per heavy atom. The number of carboxylic acids is 1. The molecule has 3 rings (SSSR count). The number of carboxylic acid groups (broad SMARTS) is 1. The Labute approximate surface area is 121 Å². The number of nitrogens with zero attached hydrogens (tertiary/aromatic N) is 1. The summed E-state index contributed by atoms with van der Waals surface area (Å²) in [6, 6.07) is 0.474. The van der Waals surface area contributed by atoms with Gasteiger partial charge in [-0.15, -0.1) is 0 Å². The van der Waals surface area contributed by atoms with Crippen molar-refractivity contribution in [1.82, 2.24) is 10.2 Å². The minimum atomic E-state index is -0.614. The SMILES string of the molecule is O=C(O)C1(NC2CC2)CCCC1CCN1CCCCC1. The van der Waals surface area contributed by atoms with Crippen LogP contribution in [0.15, 0.2) is 0 Å². The summed E-state index contributed by atoms with van der Waals surface area (Å²) < 4.78 is 0. The fraction of sp³-hybridized carbons (Fsp3) is 0.938. The monoisotopic (exact) mass is 280 g/mol. The molecule has 1 saturated heterocycles. The van der Waals surface area contributed by atoms with Crippen molar-refractivity contribution in [2.75, 3.05) is 19.6 Å². The van der Waals surface area contributed by atoms with Gasteiger partial charge in [-0.25, -0.2) is 0 Å². The van der Waals surface area contributed by atoms with Gasteiger partial charge in [0.05, 0.1) is 0 Å². The van der Waals surface area contributed by atoms with Crippen molar-refractivity contribution in [1.29, 1.82) is 0 Å². The highest BCUT2D eigenvalue weighted by Gasteiger charge is 2.51. The zero-order chi connectivity index (χ0) is 14.0. The summed E-state index contributed by atoms with van der Waals surface area (Å²) in [6.07, 6.45) is 10.3. The number of piperidine rings is 1. The fourth-order valence-electron chi connectivity index (χ4n) is 4.12. The minimum absolute atomic E-state index is 0.322. The second kappa shape index (κ2) is 6.02. The Morgan fingerprint density at radius 3 is 2.55 bits per heavy atom. The molecule has 2 atom stereocenters. The van der Waals surface area contributed by atoms with Gasteiger partial charge in [-0.2, -0.15) is 0 Å². The van der Waals surface area contributed by atoms with E-state index in [1.54, 1.807) is 0 Å². The third-order valence-electron chi connectivity index (χ3n) is 5.48. The normalized spacial score (nSPS) is 35.3. The molecular weight excluding hydrogens is 252 g/mol. The standard InChI is InChI=1S/C16H28N2O2/c19-15(20)16(17-14-6-7-14)9-4-5-13(16)8-12-18-10-2-1-3-11-18/h13-14,17H,1-12H2,(H,19,20). The van der Waals surface area contributed by atoms with E-state index in [-0.39, 0.29) is 0 Å². The van der Waals surface area contributed by atoms with Crippen LogP contribution in [0.5, 0.6) is 0 Å². The molecule has 3 fully saturated rings. The first-order valence-electron chi connectivity index (χ1n) is 8.44. The molecule has 2 unspecified atom stereocenters. The maximum atomic E-state index is 11.9. The Bertz CT molecular complexity index is 350. The van der Waals surface area contributed by atoms with E-state index in [9.17, 15) is 9.90 Å². The van der Waals surface area contributed by atoms with Crippen LogP contribution in [0.1, 0.15) is 57.8 Å². The number of carbonyl (C=O) groups is 1. The summed E-state index contributed by atoms with van der Waals surface area (Å²) in [5.74, 6) is -0.284. The third-order valence-corrected chi connectivity index (χ3v) is 5.48. The summed E-state index contributed by atoms with van der Waals surface area (Å²) in [5, 5.41) is 13.3. The summed E-state index contributed by atoms with van der Waals surface area (Å²) in [4.78, 5) is 14.4. The molecule has 2 N–H and O–H groups in total. The number of rotatable bonds is 6. The predicted octanol–water partition coefficient (Wildman–Crippen LogP) is 2.24. The zero-order valence-electron chi connectivity index (χ0n) is 12.4. The molecule has 0 aromatic rings. The molecule has 1 heterocycles. The van der Waals surface area contributed by atoms with E-state index in [1.807, 2.05) is 0 Å². The van der Waals surface area contributed by atoms with E-state index in [0.29, 0.717) is 12.0 Å². The van der Waals surface area contributed by atoms with Gasteiger partial charge in [-0.1, -0.05) is 12.8 Å². The molecule has 0 aromatic carbocycles. The molecule has 3 aliphatic rings. The topological polar surface area (TPSA) is 52.6 Å². The molecule has 0 bridgehead atoms. The van der Waals surface area contributed by atoms with Crippen molar-refractivity contribution in [3.05, 3.63) is 0 Å². The Kier molecular flexibility index (Phi) is 4.32. The number of aliphatic carboxylic acids is 1. The van der Waals surface area contributed by atoms with Crippen molar-refractivity contribution >= 4 is 5.97 Å². The lowest BCUT2D eigenvalue weighted by Gasteiger charge is -2.35. The maximum absolute atomic E-state index is 11.9. The van der Waals surface area contributed by atoms with Crippen molar-refractivity contribution in [3.8, 4) is 0 Å². The van der Waals surface area contributed by atoms with Gasteiger partial charge in [0.1, 0.15) is 5.54 Å². The highest BCUT2D eigenvalue weighted by Crippen LogP contribution is 2.41. The maximum Gasteiger partial charge on any atom is 0.324 e. The number of likely N-dealkylation sites (tertiary alicyclic amines) is 1. The van der Waals surface area contributed by atoms with Crippen LogP contribution in [0.25, 0.3) is 0 Å². The summed E-state index contributed by atoms with van der Waals surface area (Å²) in [7, 11) is 0. The highest BCUT2D eigenvalue weighted by atomic mass is 16.4. The molecule has 0 radical (unpaired) electrons. The van der Waals surface area contributed by atoms with Gasteiger partial charge in [-0.05, 0) is 70.5 Å². The van der Waals surface area contributed by atoms with E-state index in [1.165, 1.54) is 32.4 Å². The number of hydrogen-bond acceptors (Lipinski definition) is 3. The predicted molar refractivity (Wildman–Crippen MR) is 78.8 cm³/mol. The van der Waals surface area contributed by atoms with E-state index < -0.39 is 11.5 Å². The zero-order valence-corrected chi connectivity index (χ0v) is 12.4. The molecule has 0 aromatic heterocycles. The molecule has 4 nitrogen and oxygen atoms in total. The van der Waals surface area contributed by atoms with Gasteiger partial charge < -0.3 is 10.0 Å². The molecule has 2 saturated carbocycles. The quantitative estimate of drug-likeness (QED) is 0.783. The lowest BCUT2D eigenvalue weighted by Crippen LogP contribution is -2.56. The van der Waals surface area contributed by atoms with Crippen molar-refractivity contribution in [2.45, 2.75) is 69.4 Å². The summed E-state index contributed by atoms with van der Waals surface area (Å²) in [6.45, 7) is 3.51. The van der Waals surface area contributed by atoms with Crippen LogP contribution in [0.3, 0.4) is 0 Å². The largest absolute Gasteiger partial charge is 0.480 e. The Morgan fingerprint density at radius 1 is 1.15 bits per heavy atom. The smallest absolute Gasteiger partial charge is 0.324 e. The molecule has 4 heteroatoms. The Hall–Kier alpha value is -0.610. The number of nitrogens with one attached hydrogen (secondary N) is 1. The minimum Gasteiger partial charge on any atom is -0.480 e. The average Bonchev–Trinajstić information content (AvgIpc) is 3.16. The van der Waals surface area contributed by atoms with Gasteiger partial charge in [-0.3, -0.25) is 10.1 Å². The molecule has 20 heavy (non-hydrogen) atoms. The van der Waals surface area contributed by atoms with Gasteiger partial charge >= 0.3 is 5.97 Å². The number of hydrogen-bond donors (Lipinski definition) is 2. The van der Waals surface area contributed by atoms with Crippen molar-refractivity contribution in [2.24, 2.45) is 5.92 Å². The van der Waals surface area contributed by atoms with E-state index in [0.717, 1.165) is 45.1 Å². The van der Waals surface area contributed by atoms with Crippen molar-refractivity contribution in [3.63, 3.8) is 0 Å². The van der Waals surface area contributed by atoms with Crippen LogP contribution in [0, 0.1) is 5.92 Å². The van der Waals surface area contributed by atoms with E-state index >= 15 is 0 Å². The fourth-order valence-corrected chi connectivity index (χ4v) is 4.12. The van der Waals surface area contributed by atoms with Crippen molar-refractivity contribution < 1.29 is 9.90 Å². The molecule has 0 spiro atoms. The van der Waals surface area contributed by atoms with Crippen LogP contribution >= 0.6 is 0 Å². The van der Waals surface area contributed by atoms with Crippen LogP contribution < -0.4 is 5.32 Å². The average molecular weight is 280 g/mol. The van der Waals surface area contributed by atoms with Crippen LogP contribution in [0.2, 0.25) is 0 Å². The summed E-state index contributed by atoms with van der Waals surface area (Å²) in [5.41, 5.74) is -0.614. The molecule has 2 aliphatic carbocycles. The van der Waals surface area contributed by atoms with Crippen LogP contribution in [-0.4, -0.2) is 47.2 Å². The molecule has 0 amide bonds. The van der Waals surface area contributed by atoms with Gasteiger partial charge in [0.15, 0.2) is 0 Å². The first-order chi connectivity index (χ1) is 9.71. The lowest BCUT2D eigenvalue weighted by molar-refractivity contribution is -0.147. The van der Waals surface area contributed by atoms with Gasteiger partial charge in [0.2, 0.25) is 0 Å². The second-order valence-corrected chi connectivity index (χ2v) is 6.98. The van der Waals surface area contributed by atoms with Crippen LogP contribution in [-0.2, 0) is 4.79 Å². The first-order valence-corrected chi connectivity index (χ1v) is 8.44. The second-order valence-electron chi connectivity index (χ2n) is 6.98. The van der Waals surface area contributed by atoms with Gasteiger partial charge in [0, 0.05) is 6.04 Å². The van der Waals surface area contributed by atoms with Crippen LogP contribution in [0.4, 0.5) is 0 Å². The van der Waals surface area contributed by atoms with E-state index in [4.69, 9.17) is 0 Å². The molecular formula is C16H28N2O2.